The summed E-state index contributed by atoms with van der Waals surface area (Å²) in [5.41, 5.74) is 0. The number of aliphatic hydroxyl groups excluding tert-OH is 2. The van der Waals surface area contributed by atoms with Crippen molar-refractivity contribution in [2.45, 2.75) is 314 Å². The van der Waals surface area contributed by atoms with E-state index in [-0.39, 0.29) is 25.9 Å². The monoisotopic (exact) mass is 1140 g/mol. The van der Waals surface area contributed by atoms with Gasteiger partial charge in [0.15, 0.2) is 24.6 Å². The second-order valence-electron chi connectivity index (χ2n) is 22.0. The summed E-state index contributed by atoms with van der Waals surface area (Å²) in [6.07, 6.45) is 61.1. The average Bonchev–Trinajstić information content (AvgIpc) is 3.53. The first-order chi connectivity index (χ1) is 39.6. The molecule has 0 saturated carbocycles. The lowest BCUT2D eigenvalue weighted by Gasteiger charge is -2.40. The molecule has 6 atom stereocenters. The van der Waals surface area contributed by atoms with Gasteiger partial charge in [-0.2, -0.15) is 0 Å². The Balaban J connectivity index is 2.68. The predicted molar refractivity (Wildman–Crippen MR) is 331 cm³/mol. The molecule has 3 N–H and O–H groups in total. The number of unbranched alkanes of at least 4 members (excludes halogenated alkanes) is 27. The zero-order chi connectivity index (χ0) is 58.9. The number of aliphatic carboxylic acids is 1. The van der Waals surface area contributed by atoms with Gasteiger partial charge >= 0.3 is 23.9 Å². The van der Waals surface area contributed by atoms with Crippen LogP contribution in [0, 0.1) is 0 Å². The zero-order valence-corrected chi connectivity index (χ0v) is 51.3. The van der Waals surface area contributed by atoms with E-state index in [9.17, 15) is 34.5 Å². The van der Waals surface area contributed by atoms with Crippen LogP contribution >= 0.6 is 0 Å². The van der Waals surface area contributed by atoms with Crippen LogP contribution in [0.2, 0.25) is 0 Å². The first kappa shape index (κ1) is 74.9. The maximum absolute atomic E-state index is 13.2. The molecule has 464 valence electrons. The number of carboxylic acid groups (broad SMARTS) is 1. The fraction of sp³-hybridized carbons (Fsp3) is 0.739. The number of carbonyl (C=O) groups is 4. The summed E-state index contributed by atoms with van der Waals surface area (Å²) < 4.78 is 28.5. The maximum Gasteiger partial charge on any atom is 0.335 e. The molecular formula is C69H116O12. The number of hydrogen-bond acceptors (Lipinski definition) is 11. The van der Waals surface area contributed by atoms with Crippen molar-refractivity contribution in [1.82, 2.24) is 0 Å². The van der Waals surface area contributed by atoms with Gasteiger partial charge in [-0.25, -0.2) is 4.79 Å². The quantitative estimate of drug-likeness (QED) is 0.0228. The maximum atomic E-state index is 13.2. The molecule has 1 aliphatic heterocycles. The van der Waals surface area contributed by atoms with E-state index < -0.39 is 67.3 Å². The zero-order valence-electron chi connectivity index (χ0n) is 51.3. The van der Waals surface area contributed by atoms with Crippen LogP contribution in [0.5, 0.6) is 0 Å². The van der Waals surface area contributed by atoms with Crippen molar-refractivity contribution in [3.63, 3.8) is 0 Å². The van der Waals surface area contributed by atoms with Crippen LogP contribution in [0.25, 0.3) is 0 Å². The molecule has 0 aromatic heterocycles. The second kappa shape index (κ2) is 56.4. The van der Waals surface area contributed by atoms with Crippen LogP contribution < -0.4 is 0 Å². The topological polar surface area (TPSA) is 175 Å². The third kappa shape index (κ3) is 46.0. The van der Waals surface area contributed by atoms with E-state index in [1.807, 2.05) is 0 Å². The molecule has 0 radical (unpaired) electrons. The Labute approximate surface area is 492 Å². The SMILES string of the molecule is CC/C=C\C/C=C\C/C=C\C/C=C\CCCCCCC(=O)OCC(COC1OC(C(=O)O)C(O)C(O)C1OC(=O)CCCCCCCCCCCCCCCCCCC)OC(=O)CCCCCCCCC/C=C\C/C=C\C/C=C\CC. The number of rotatable bonds is 55. The van der Waals surface area contributed by atoms with Gasteiger partial charge in [0.2, 0.25) is 0 Å². The van der Waals surface area contributed by atoms with Gasteiger partial charge in [0, 0.05) is 19.3 Å². The molecule has 1 aliphatic rings. The molecule has 0 amide bonds. The summed E-state index contributed by atoms with van der Waals surface area (Å²) in [4.78, 5) is 51.3. The minimum Gasteiger partial charge on any atom is -0.479 e. The Kier molecular flexibility index (Phi) is 52.1. The number of carbonyl (C=O) groups excluding carboxylic acids is 3. The summed E-state index contributed by atoms with van der Waals surface area (Å²) in [6, 6.07) is 0. The van der Waals surface area contributed by atoms with Gasteiger partial charge in [-0.3, -0.25) is 14.4 Å². The van der Waals surface area contributed by atoms with Crippen LogP contribution in [0.3, 0.4) is 0 Å². The number of allylic oxidation sites excluding steroid dienone is 14. The lowest BCUT2D eigenvalue weighted by atomic mass is 9.98. The molecule has 1 heterocycles. The molecule has 0 aromatic carbocycles. The Morgan fingerprint density at radius 1 is 0.420 bits per heavy atom. The first-order valence-corrected chi connectivity index (χ1v) is 32.6. The largest absolute Gasteiger partial charge is 0.479 e. The highest BCUT2D eigenvalue weighted by molar-refractivity contribution is 5.74. The van der Waals surface area contributed by atoms with Crippen LogP contribution in [0.15, 0.2) is 85.1 Å². The smallest absolute Gasteiger partial charge is 0.335 e. The van der Waals surface area contributed by atoms with Crippen molar-refractivity contribution < 1.29 is 58.2 Å². The van der Waals surface area contributed by atoms with Crippen molar-refractivity contribution in [2.24, 2.45) is 0 Å². The summed E-state index contributed by atoms with van der Waals surface area (Å²) in [5.74, 6) is -3.15. The van der Waals surface area contributed by atoms with Gasteiger partial charge in [-0.05, 0) is 89.9 Å². The second-order valence-corrected chi connectivity index (χ2v) is 22.0. The minimum absolute atomic E-state index is 0.0577. The molecule has 0 aromatic rings. The van der Waals surface area contributed by atoms with Crippen molar-refractivity contribution in [2.75, 3.05) is 13.2 Å². The summed E-state index contributed by atoms with van der Waals surface area (Å²) >= 11 is 0. The van der Waals surface area contributed by atoms with E-state index in [4.69, 9.17) is 23.7 Å². The molecule has 12 heteroatoms. The van der Waals surface area contributed by atoms with Crippen LogP contribution in [-0.4, -0.2) is 89.2 Å². The Bertz CT molecular complexity index is 1730. The Morgan fingerprint density at radius 2 is 0.778 bits per heavy atom. The summed E-state index contributed by atoms with van der Waals surface area (Å²) in [7, 11) is 0. The fourth-order valence-electron chi connectivity index (χ4n) is 9.55. The first-order valence-electron chi connectivity index (χ1n) is 32.6. The molecule has 1 rings (SSSR count). The van der Waals surface area contributed by atoms with Gasteiger partial charge in [-0.1, -0.05) is 254 Å². The van der Waals surface area contributed by atoms with Crippen molar-refractivity contribution in [3.8, 4) is 0 Å². The van der Waals surface area contributed by atoms with E-state index in [2.05, 4.69) is 106 Å². The van der Waals surface area contributed by atoms with E-state index in [0.717, 1.165) is 141 Å². The highest BCUT2D eigenvalue weighted by Crippen LogP contribution is 2.27. The van der Waals surface area contributed by atoms with Crippen LogP contribution in [-0.2, 0) is 42.9 Å². The van der Waals surface area contributed by atoms with Crippen molar-refractivity contribution >= 4 is 23.9 Å². The van der Waals surface area contributed by atoms with E-state index in [1.165, 1.54) is 77.0 Å². The molecule has 1 fully saturated rings. The normalized spacial score (nSPS) is 18.3. The third-order valence-corrected chi connectivity index (χ3v) is 14.5. The minimum atomic E-state index is -1.91. The number of aliphatic hydroxyl groups is 2. The molecule has 0 aliphatic carbocycles. The molecule has 1 saturated heterocycles. The highest BCUT2D eigenvalue weighted by Gasteiger charge is 2.50. The summed E-state index contributed by atoms with van der Waals surface area (Å²) in [6.45, 7) is 5.77. The Morgan fingerprint density at radius 3 is 1.19 bits per heavy atom. The van der Waals surface area contributed by atoms with Gasteiger partial charge in [0.1, 0.15) is 18.8 Å². The van der Waals surface area contributed by atoms with Gasteiger partial charge in [-0.15, -0.1) is 0 Å². The number of hydrogen-bond donors (Lipinski definition) is 3. The molecule has 81 heavy (non-hydrogen) atoms. The number of carboxylic acids is 1. The Hall–Kier alpha value is -4.10. The number of ether oxygens (including phenoxy) is 5. The highest BCUT2D eigenvalue weighted by atomic mass is 16.7. The predicted octanol–water partition coefficient (Wildman–Crippen LogP) is 17.5. The van der Waals surface area contributed by atoms with Crippen LogP contribution in [0.1, 0.15) is 278 Å². The van der Waals surface area contributed by atoms with E-state index >= 15 is 0 Å². The number of esters is 3. The van der Waals surface area contributed by atoms with Crippen LogP contribution in [0.4, 0.5) is 0 Å². The fourth-order valence-corrected chi connectivity index (χ4v) is 9.55. The lowest BCUT2D eigenvalue weighted by Crippen LogP contribution is -2.61. The van der Waals surface area contributed by atoms with E-state index in [0.29, 0.717) is 19.3 Å². The lowest BCUT2D eigenvalue weighted by molar-refractivity contribution is -0.301. The van der Waals surface area contributed by atoms with E-state index in [1.54, 1.807) is 0 Å². The molecular weight excluding hydrogens is 1020 g/mol. The van der Waals surface area contributed by atoms with Crippen molar-refractivity contribution in [3.05, 3.63) is 85.1 Å². The molecule has 6 unspecified atom stereocenters. The van der Waals surface area contributed by atoms with Crippen molar-refractivity contribution in [1.29, 1.82) is 0 Å². The summed E-state index contributed by atoms with van der Waals surface area (Å²) in [5, 5.41) is 31.6. The standard InChI is InChI=1S/C69H116O12/c1-4-7-10-13-16-19-22-25-28-31-34-37-40-43-46-49-52-55-61(70)77-58-60(79-62(71)56-53-50-47-44-41-38-35-32-29-26-23-20-17-14-11-8-5-2)59-78-69-67(65(74)64(73)66(81-69)68(75)76)80-63(72)57-54-51-48-45-42-39-36-33-30-27-24-21-18-15-12-9-6-3/h7-8,10-11,16-17,19-20,25-26,28-29,34,37,60,64-67,69,73-74H,4-6,9,12-15,18,21-24,27,30-33,35-36,38-59H2,1-3H3,(H,75,76)/b10-7-,11-8-,19-16-,20-17-,28-25-,29-26-,37-34-. The molecule has 12 nitrogen and oxygen atoms in total. The third-order valence-electron chi connectivity index (χ3n) is 14.5. The average molecular weight is 1140 g/mol. The van der Waals surface area contributed by atoms with Gasteiger partial charge < -0.3 is 39.0 Å². The van der Waals surface area contributed by atoms with Gasteiger partial charge in [0.25, 0.3) is 0 Å². The molecule has 0 spiro atoms. The molecule has 0 bridgehead atoms. The van der Waals surface area contributed by atoms with Gasteiger partial charge in [0.05, 0.1) is 6.61 Å².